The molecule has 1 atom stereocenters. The average molecular weight is 380 g/mol. The molecule has 9 nitrogen and oxygen atoms in total. The molecule has 0 aliphatic heterocycles. The van der Waals surface area contributed by atoms with E-state index in [4.69, 9.17) is 9.47 Å². The van der Waals surface area contributed by atoms with E-state index >= 15 is 0 Å². The standard InChI is InChI=1S/C18H32N6O3/c1-5-14(11-25)21-18-22-16(19-7-8-27-10-9-26-6-2)15-17(23-18)24(12-20-15)13(3)4/h12-14,25H,5-11H2,1-4H3,(H2,19,21,22,23)/t14-/m1/s1. The van der Waals surface area contributed by atoms with Crippen molar-refractivity contribution in [3.05, 3.63) is 6.33 Å². The van der Waals surface area contributed by atoms with Crippen molar-refractivity contribution in [3.8, 4) is 0 Å². The molecule has 3 N–H and O–H groups in total. The van der Waals surface area contributed by atoms with E-state index < -0.39 is 0 Å². The lowest BCUT2D eigenvalue weighted by molar-refractivity contribution is 0.0570. The van der Waals surface area contributed by atoms with Gasteiger partial charge >= 0.3 is 0 Å². The van der Waals surface area contributed by atoms with Crippen LogP contribution in [0.1, 0.15) is 40.2 Å². The van der Waals surface area contributed by atoms with Crippen LogP contribution in [0.5, 0.6) is 0 Å². The molecular formula is C18H32N6O3. The van der Waals surface area contributed by atoms with Crippen LogP contribution in [0, 0.1) is 0 Å². The Morgan fingerprint density at radius 3 is 2.59 bits per heavy atom. The summed E-state index contributed by atoms with van der Waals surface area (Å²) in [7, 11) is 0. The predicted molar refractivity (Wildman–Crippen MR) is 106 cm³/mol. The highest BCUT2D eigenvalue weighted by Gasteiger charge is 2.16. The van der Waals surface area contributed by atoms with Gasteiger partial charge in [-0.3, -0.25) is 0 Å². The second-order valence-corrected chi connectivity index (χ2v) is 6.48. The number of hydrogen-bond acceptors (Lipinski definition) is 8. The quantitative estimate of drug-likeness (QED) is 0.453. The molecule has 0 unspecified atom stereocenters. The largest absolute Gasteiger partial charge is 0.394 e. The molecule has 152 valence electrons. The number of aliphatic hydroxyl groups is 1. The van der Waals surface area contributed by atoms with Gasteiger partial charge in [-0.05, 0) is 27.2 Å². The van der Waals surface area contributed by atoms with Gasteiger partial charge in [0.2, 0.25) is 5.95 Å². The number of anilines is 2. The van der Waals surface area contributed by atoms with Crippen molar-refractivity contribution < 1.29 is 14.6 Å². The Labute approximate surface area is 160 Å². The number of aliphatic hydroxyl groups excluding tert-OH is 1. The summed E-state index contributed by atoms with van der Waals surface area (Å²) < 4.78 is 12.8. The van der Waals surface area contributed by atoms with Crippen molar-refractivity contribution in [1.29, 1.82) is 0 Å². The van der Waals surface area contributed by atoms with Crippen LogP contribution in [0.4, 0.5) is 11.8 Å². The molecule has 0 aliphatic carbocycles. The first-order valence-corrected chi connectivity index (χ1v) is 9.61. The van der Waals surface area contributed by atoms with E-state index in [1.54, 1.807) is 6.33 Å². The zero-order valence-electron chi connectivity index (χ0n) is 16.7. The molecule has 0 aromatic carbocycles. The van der Waals surface area contributed by atoms with E-state index in [0.29, 0.717) is 44.7 Å². The van der Waals surface area contributed by atoms with Crippen LogP contribution in [0.15, 0.2) is 6.33 Å². The molecule has 0 saturated heterocycles. The predicted octanol–water partition coefficient (Wildman–Crippen LogP) is 2.05. The summed E-state index contributed by atoms with van der Waals surface area (Å²) in [5.41, 5.74) is 1.48. The third-order valence-corrected chi connectivity index (χ3v) is 4.14. The zero-order chi connectivity index (χ0) is 19.6. The smallest absolute Gasteiger partial charge is 0.227 e. The van der Waals surface area contributed by atoms with Gasteiger partial charge < -0.3 is 29.8 Å². The van der Waals surface area contributed by atoms with E-state index in [9.17, 15) is 5.11 Å². The van der Waals surface area contributed by atoms with Crippen molar-refractivity contribution in [2.45, 2.75) is 46.2 Å². The second-order valence-electron chi connectivity index (χ2n) is 6.48. The maximum atomic E-state index is 9.46. The molecule has 2 heterocycles. The van der Waals surface area contributed by atoms with Crippen molar-refractivity contribution in [1.82, 2.24) is 19.5 Å². The SMILES string of the molecule is CCOCCOCCNc1nc(N[C@H](CC)CO)nc2c1ncn2C(C)C. The lowest BCUT2D eigenvalue weighted by atomic mass is 10.2. The van der Waals surface area contributed by atoms with Crippen LogP contribution >= 0.6 is 0 Å². The fourth-order valence-corrected chi connectivity index (χ4v) is 2.55. The molecule has 0 spiro atoms. The average Bonchev–Trinajstić information content (AvgIpc) is 3.09. The molecule has 2 aromatic heterocycles. The minimum Gasteiger partial charge on any atom is -0.394 e. The Hall–Kier alpha value is -1.97. The van der Waals surface area contributed by atoms with Crippen LogP contribution < -0.4 is 10.6 Å². The second kappa shape index (κ2) is 11.0. The van der Waals surface area contributed by atoms with Crippen molar-refractivity contribution >= 4 is 22.9 Å². The molecule has 0 amide bonds. The number of fused-ring (bicyclic) bond motifs is 1. The summed E-state index contributed by atoms with van der Waals surface area (Å²) >= 11 is 0. The first-order chi connectivity index (χ1) is 13.1. The van der Waals surface area contributed by atoms with Gasteiger partial charge in [-0.15, -0.1) is 0 Å². The van der Waals surface area contributed by atoms with E-state index in [1.807, 2.05) is 18.4 Å². The summed E-state index contributed by atoms with van der Waals surface area (Å²) in [4.78, 5) is 13.6. The summed E-state index contributed by atoms with van der Waals surface area (Å²) in [6, 6.07) is 0.139. The summed E-state index contributed by atoms with van der Waals surface area (Å²) in [6.45, 7) is 11.2. The Morgan fingerprint density at radius 1 is 1.15 bits per heavy atom. The van der Waals surface area contributed by atoms with Gasteiger partial charge in [0.15, 0.2) is 17.0 Å². The first kappa shape index (κ1) is 21.3. The van der Waals surface area contributed by atoms with Crippen LogP contribution in [-0.4, -0.2) is 70.2 Å². The molecule has 0 saturated carbocycles. The van der Waals surface area contributed by atoms with E-state index in [-0.39, 0.29) is 18.7 Å². The Bertz CT molecular complexity index is 687. The Kier molecular flexibility index (Phi) is 8.70. The molecule has 0 aliphatic rings. The number of hydrogen-bond donors (Lipinski definition) is 3. The first-order valence-electron chi connectivity index (χ1n) is 9.61. The van der Waals surface area contributed by atoms with Gasteiger partial charge in [-0.2, -0.15) is 9.97 Å². The topological polar surface area (TPSA) is 106 Å². The lowest BCUT2D eigenvalue weighted by Gasteiger charge is -2.16. The summed E-state index contributed by atoms with van der Waals surface area (Å²) in [5, 5.41) is 15.9. The highest BCUT2D eigenvalue weighted by atomic mass is 16.5. The minimum absolute atomic E-state index is 0.0256. The van der Waals surface area contributed by atoms with Crippen LogP contribution in [0.25, 0.3) is 11.2 Å². The van der Waals surface area contributed by atoms with Gasteiger partial charge in [0.25, 0.3) is 0 Å². The zero-order valence-corrected chi connectivity index (χ0v) is 16.7. The van der Waals surface area contributed by atoms with Gasteiger partial charge in [0.1, 0.15) is 0 Å². The van der Waals surface area contributed by atoms with Crippen LogP contribution in [-0.2, 0) is 9.47 Å². The van der Waals surface area contributed by atoms with Crippen molar-refractivity contribution in [3.63, 3.8) is 0 Å². The molecule has 0 radical (unpaired) electrons. The van der Waals surface area contributed by atoms with Gasteiger partial charge in [-0.25, -0.2) is 4.98 Å². The third-order valence-electron chi connectivity index (χ3n) is 4.14. The molecule has 2 rings (SSSR count). The normalized spacial score (nSPS) is 12.7. The van der Waals surface area contributed by atoms with Gasteiger partial charge in [0, 0.05) is 19.2 Å². The molecule has 0 fully saturated rings. The summed E-state index contributed by atoms with van der Waals surface area (Å²) in [5.74, 6) is 1.13. The monoisotopic (exact) mass is 380 g/mol. The minimum atomic E-state index is -0.0902. The Morgan fingerprint density at radius 2 is 1.93 bits per heavy atom. The Balaban J connectivity index is 2.12. The van der Waals surface area contributed by atoms with Gasteiger partial charge in [0.05, 0.1) is 38.8 Å². The van der Waals surface area contributed by atoms with E-state index in [0.717, 1.165) is 17.6 Å². The van der Waals surface area contributed by atoms with Crippen LogP contribution in [0.2, 0.25) is 0 Å². The number of ether oxygens (including phenoxy) is 2. The number of aromatic nitrogens is 4. The molecule has 27 heavy (non-hydrogen) atoms. The van der Waals surface area contributed by atoms with E-state index in [1.165, 1.54) is 0 Å². The molecule has 0 bridgehead atoms. The van der Waals surface area contributed by atoms with Gasteiger partial charge in [-0.1, -0.05) is 6.92 Å². The molecular weight excluding hydrogens is 348 g/mol. The molecule has 2 aromatic rings. The highest BCUT2D eigenvalue weighted by Crippen LogP contribution is 2.23. The van der Waals surface area contributed by atoms with E-state index in [2.05, 4.69) is 39.4 Å². The number of nitrogens with one attached hydrogen (secondary N) is 2. The van der Waals surface area contributed by atoms with Crippen molar-refractivity contribution in [2.24, 2.45) is 0 Å². The summed E-state index contributed by atoms with van der Waals surface area (Å²) in [6.07, 6.45) is 2.55. The maximum absolute atomic E-state index is 9.46. The highest BCUT2D eigenvalue weighted by molar-refractivity contribution is 5.84. The third kappa shape index (κ3) is 6.02. The number of imidazole rings is 1. The van der Waals surface area contributed by atoms with Crippen LogP contribution in [0.3, 0.4) is 0 Å². The van der Waals surface area contributed by atoms with Crippen molar-refractivity contribution in [2.75, 3.05) is 50.2 Å². The fraction of sp³-hybridized carbons (Fsp3) is 0.722. The number of nitrogens with zero attached hydrogens (tertiary/aromatic N) is 4. The lowest BCUT2D eigenvalue weighted by Crippen LogP contribution is -2.24. The molecule has 9 heteroatoms. The number of rotatable bonds is 13. The fourth-order valence-electron chi connectivity index (χ4n) is 2.55. The maximum Gasteiger partial charge on any atom is 0.227 e.